The lowest BCUT2D eigenvalue weighted by molar-refractivity contribution is -0.114. The molecule has 0 rings (SSSR count). The van der Waals surface area contributed by atoms with E-state index in [1.165, 1.54) is 12.8 Å². The monoisotopic (exact) mass is 291 g/mol. The highest BCUT2D eigenvalue weighted by molar-refractivity contribution is 8.00. The third-order valence-corrected chi connectivity index (χ3v) is 5.18. The molecule has 0 radical (unpaired) electrons. The third-order valence-electron chi connectivity index (χ3n) is 2.72. The molecule has 0 aliphatic rings. The van der Waals surface area contributed by atoms with Crippen molar-refractivity contribution in [2.45, 2.75) is 69.8 Å². The van der Waals surface area contributed by atoms with Gasteiger partial charge in [-0.25, -0.2) is 0 Å². The molecule has 3 unspecified atom stereocenters. The number of ketones is 1. The van der Waals surface area contributed by atoms with Crippen molar-refractivity contribution in [3.05, 3.63) is 0 Å². The fourth-order valence-corrected chi connectivity index (χ4v) is 3.74. The van der Waals surface area contributed by atoms with Crippen molar-refractivity contribution in [3.8, 4) is 0 Å². The molecule has 3 atom stereocenters. The molecule has 0 aromatic heterocycles. The van der Waals surface area contributed by atoms with Crippen LogP contribution in [0.1, 0.15) is 53.9 Å². The summed E-state index contributed by atoms with van der Waals surface area (Å²) >= 11 is 3.63. The van der Waals surface area contributed by atoms with Gasteiger partial charge in [-0.3, -0.25) is 4.79 Å². The number of rotatable bonds is 10. The second kappa shape index (κ2) is 10.2. The standard InChI is InChI=1S/C14H29NOS2/c1-10(2)18-14(15)8-11(3)6-7-13(5)17-9-12(4)16/h10-11,13-14H,6-9,15H2,1-5H3. The zero-order valence-electron chi connectivity index (χ0n) is 12.4. The Kier molecular flexibility index (Phi) is 10.3. The molecule has 0 bridgehead atoms. The Bertz CT molecular complexity index is 234. The van der Waals surface area contributed by atoms with Gasteiger partial charge in [-0.2, -0.15) is 11.8 Å². The van der Waals surface area contributed by atoms with Crippen LogP contribution < -0.4 is 5.73 Å². The molecule has 0 saturated carbocycles. The number of carbonyl (C=O) groups excluding carboxylic acids is 1. The summed E-state index contributed by atoms with van der Waals surface area (Å²) in [5, 5.41) is 1.45. The first-order valence-electron chi connectivity index (χ1n) is 6.83. The van der Waals surface area contributed by atoms with E-state index in [0.717, 1.165) is 6.42 Å². The number of thioether (sulfide) groups is 2. The maximum absolute atomic E-state index is 10.9. The Morgan fingerprint density at radius 3 is 2.28 bits per heavy atom. The molecule has 0 aromatic rings. The highest BCUT2D eigenvalue weighted by Gasteiger charge is 2.13. The largest absolute Gasteiger partial charge is 0.319 e. The molecule has 18 heavy (non-hydrogen) atoms. The van der Waals surface area contributed by atoms with Gasteiger partial charge in [-0.1, -0.05) is 27.7 Å². The average molecular weight is 292 g/mol. The maximum Gasteiger partial charge on any atom is 0.139 e. The van der Waals surface area contributed by atoms with Crippen LogP contribution in [0.15, 0.2) is 0 Å². The lowest BCUT2D eigenvalue weighted by atomic mass is 10.0. The molecule has 2 N–H and O–H groups in total. The molecular weight excluding hydrogens is 262 g/mol. The van der Waals surface area contributed by atoms with Gasteiger partial charge in [-0.15, -0.1) is 11.8 Å². The van der Waals surface area contributed by atoms with E-state index >= 15 is 0 Å². The second-order valence-electron chi connectivity index (χ2n) is 5.47. The van der Waals surface area contributed by atoms with Crippen LogP contribution in [-0.2, 0) is 4.79 Å². The van der Waals surface area contributed by atoms with E-state index in [1.54, 1.807) is 18.7 Å². The lowest BCUT2D eigenvalue weighted by Gasteiger charge is -2.20. The molecule has 0 fully saturated rings. The van der Waals surface area contributed by atoms with E-state index in [-0.39, 0.29) is 11.2 Å². The SMILES string of the molecule is CC(=O)CSC(C)CCC(C)CC(N)SC(C)C. The average Bonchev–Trinajstić information content (AvgIpc) is 2.22. The lowest BCUT2D eigenvalue weighted by Crippen LogP contribution is -2.21. The van der Waals surface area contributed by atoms with Crippen molar-refractivity contribution >= 4 is 29.3 Å². The second-order valence-corrected chi connectivity index (χ2v) is 8.71. The van der Waals surface area contributed by atoms with E-state index in [0.29, 0.717) is 22.2 Å². The molecule has 108 valence electrons. The summed E-state index contributed by atoms with van der Waals surface area (Å²) in [6, 6.07) is 0. The number of hydrogen-bond donors (Lipinski definition) is 1. The Hall–Kier alpha value is 0.330. The van der Waals surface area contributed by atoms with Crippen molar-refractivity contribution < 1.29 is 4.79 Å². The van der Waals surface area contributed by atoms with Crippen LogP contribution in [0.4, 0.5) is 0 Å². The van der Waals surface area contributed by atoms with Gasteiger partial charge in [-0.05, 0) is 32.1 Å². The highest BCUT2D eigenvalue weighted by Crippen LogP contribution is 2.24. The minimum atomic E-state index is 0.264. The van der Waals surface area contributed by atoms with Crippen LogP contribution in [0.2, 0.25) is 0 Å². The zero-order valence-corrected chi connectivity index (χ0v) is 14.1. The van der Waals surface area contributed by atoms with Crippen LogP contribution in [0.3, 0.4) is 0 Å². The number of nitrogens with two attached hydrogens (primary N) is 1. The van der Waals surface area contributed by atoms with Crippen LogP contribution in [0.5, 0.6) is 0 Å². The van der Waals surface area contributed by atoms with Crippen molar-refractivity contribution in [2.75, 3.05) is 5.75 Å². The normalized spacial score (nSPS) is 16.6. The Balaban J connectivity index is 3.68. The minimum Gasteiger partial charge on any atom is -0.319 e. The van der Waals surface area contributed by atoms with Gasteiger partial charge in [0.15, 0.2) is 0 Å². The van der Waals surface area contributed by atoms with Gasteiger partial charge in [0.2, 0.25) is 0 Å². The highest BCUT2D eigenvalue weighted by atomic mass is 32.2. The van der Waals surface area contributed by atoms with Gasteiger partial charge in [0.25, 0.3) is 0 Å². The van der Waals surface area contributed by atoms with Crippen molar-refractivity contribution in [2.24, 2.45) is 11.7 Å². The first kappa shape index (κ1) is 18.3. The van der Waals surface area contributed by atoms with E-state index in [9.17, 15) is 4.79 Å². The summed E-state index contributed by atoms with van der Waals surface area (Å²) in [4.78, 5) is 10.9. The predicted octanol–water partition coefficient (Wildman–Crippen LogP) is 3.93. The van der Waals surface area contributed by atoms with E-state index in [1.807, 2.05) is 11.8 Å². The molecule has 4 heteroatoms. The maximum atomic E-state index is 10.9. The van der Waals surface area contributed by atoms with E-state index in [2.05, 4.69) is 27.7 Å². The van der Waals surface area contributed by atoms with Crippen LogP contribution >= 0.6 is 23.5 Å². The molecular formula is C14H29NOS2. The molecule has 2 nitrogen and oxygen atoms in total. The first-order chi connectivity index (χ1) is 8.31. The van der Waals surface area contributed by atoms with Crippen molar-refractivity contribution in [1.29, 1.82) is 0 Å². The minimum absolute atomic E-state index is 0.264. The smallest absolute Gasteiger partial charge is 0.139 e. The Labute approximate surface area is 121 Å². The predicted molar refractivity (Wildman–Crippen MR) is 86.3 cm³/mol. The molecule has 0 heterocycles. The van der Waals surface area contributed by atoms with Crippen molar-refractivity contribution in [1.82, 2.24) is 0 Å². The quantitative estimate of drug-likeness (QED) is 0.619. The number of carbonyl (C=O) groups is 1. The van der Waals surface area contributed by atoms with Gasteiger partial charge in [0.1, 0.15) is 5.78 Å². The fourth-order valence-electron chi connectivity index (χ4n) is 1.78. The summed E-state index contributed by atoms with van der Waals surface area (Å²) in [5.41, 5.74) is 6.09. The summed E-state index contributed by atoms with van der Waals surface area (Å²) in [5.74, 6) is 1.60. The molecule has 0 aromatic carbocycles. The molecule has 0 aliphatic carbocycles. The molecule has 0 spiro atoms. The Morgan fingerprint density at radius 2 is 1.78 bits per heavy atom. The zero-order chi connectivity index (χ0) is 14.1. The van der Waals surface area contributed by atoms with Gasteiger partial charge >= 0.3 is 0 Å². The van der Waals surface area contributed by atoms with Gasteiger partial charge in [0, 0.05) is 10.5 Å². The van der Waals surface area contributed by atoms with Crippen LogP contribution in [0.25, 0.3) is 0 Å². The summed E-state index contributed by atoms with van der Waals surface area (Å²) in [6.45, 7) is 10.5. The molecule has 0 aliphatic heterocycles. The first-order valence-corrected chi connectivity index (χ1v) is 8.82. The fraction of sp³-hybridized carbons (Fsp3) is 0.929. The summed E-state index contributed by atoms with van der Waals surface area (Å²) in [6.07, 6.45) is 3.48. The topological polar surface area (TPSA) is 43.1 Å². The Morgan fingerprint density at radius 1 is 1.17 bits per heavy atom. The number of Topliss-reactive ketones (excluding diaryl/α,β-unsaturated/α-hetero) is 1. The molecule has 0 amide bonds. The summed E-state index contributed by atoms with van der Waals surface area (Å²) < 4.78 is 0. The third kappa shape index (κ3) is 11.4. The van der Waals surface area contributed by atoms with E-state index < -0.39 is 0 Å². The van der Waals surface area contributed by atoms with E-state index in [4.69, 9.17) is 5.73 Å². The van der Waals surface area contributed by atoms with Crippen LogP contribution in [-0.4, -0.2) is 27.4 Å². The van der Waals surface area contributed by atoms with Gasteiger partial charge < -0.3 is 5.73 Å². The van der Waals surface area contributed by atoms with Crippen LogP contribution in [0, 0.1) is 5.92 Å². The van der Waals surface area contributed by atoms with Gasteiger partial charge in [0.05, 0.1) is 11.1 Å². The summed E-state index contributed by atoms with van der Waals surface area (Å²) in [7, 11) is 0. The number of hydrogen-bond acceptors (Lipinski definition) is 4. The van der Waals surface area contributed by atoms with Crippen molar-refractivity contribution in [3.63, 3.8) is 0 Å². The molecule has 0 saturated heterocycles.